The normalized spacial score (nSPS) is 18.8. The van der Waals surface area contributed by atoms with E-state index in [2.05, 4.69) is 20.8 Å². The molecule has 1 aliphatic rings. The van der Waals surface area contributed by atoms with E-state index < -0.39 is 0 Å². The number of pyridine rings is 1. The van der Waals surface area contributed by atoms with Crippen molar-refractivity contribution in [2.24, 2.45) is 5.92 Å². The maximum Gasteiger partial charge on any atom is 0.224 e. The van der Waals surface area contributed by atoms with Crippen LogP contribution >= 0.6 is 0 Å². The molecule has 1 saturated heterocycles. The van der Waals surface area contributed by atoms with Gasteiger partial charge in [0.15, 0.2) is 5.65 Å². The molecule has 1 aliphatic heterocycles. The Bertz CT molecular complexity index is 573. The third kappa shape index (κ3) is 2.58. The van der Waals surface area contributed by atoms with Crippen molar-refractivity contribution in [1.29, 1.82) is 0 Å². The molecular weight excluding hydrogens is 242 g/mol. The van der Waals surface area contributed by atoms with Crippen molar-refractivity contribution >= 4 is 11.6 Å². The smallest absolute Gasteiger partial charge is 0.224 e. The van der Waals surface area contributed by atoms with Gasteiger partial charge in [-0.25, -0.2) is 0 Å². The Kier molecular flexibility index (Phi) is 3.41. The summed E-state index contributed by atoms with van der Waals surface area (Å²) in [6, 6.07) is 5.80. The van der Waals surface area contributed by atoms with Gasteiger partial charge in [0.05, 0.1) is 5.92 Å². The van der Waals surface area contributed by atoms with Crippen LogP contribution in [-0.4, -0.2) is 40.1 Å². The predicted molar refractivity (Wildman–Crippen MR) is 70.7 cm³/mol. The standard InChI is InChI=1S/C13H17N5O/c19-13(10-4-6-14-9-10)15-7-5-12-17-16-11-3-1-2-8-18(11)12/h1-3,8,10,14H,4-7,9H2,(H,15,19). The lowest BCUT2D eigenvalue weighted by molar-refractivity contribution is -0.124. The van der Waals surface area contributed by atoms with Crippen molar-refractivity contribution in [2.75, 3.05) is 19.6 Å². The fourth-order valence-corrected chi connectivity index (χ4v) is 2.38. The van der Waals surface area contributed by atoms with Crippen molar-refractivity contribution in [1.82, 2.24) is 25.2 Å². The molecular formula is C13H17N5O. The summed E-state index contributed by atoms with van der Waals surface area (Å²) in [5, 5.41) is 14.4. The molecule has 2 aromatic rings. The van der Waals surface area contributed by atoms with Gasteiger partial charge >= 0.3 is 0 Å². The van der Waals surface area contributed by atoms with Crippen LogP contribution in [0.15, 0.2) is 24.4 Å². The summed E-state index contributed by atoms with van der Waals surface area (Å²) in [7, 11) is 0. The Morgan fingerprint density at radius 3 is 3.26 bits per heavy atom. The highest BCUT2D eigenvalue weighted by molar-refractivity contribution is 5.79. The first-order valence-electron chi connectivity index (χ1n) is 6.61. The summed E-state index contributed by atoms with van der Waals surface area (Å²) in [6.45, 7) is 2.33. The minimum atomic E-state index is 0.121. The molecule has 0 spiro atoms. The second kappa shape index (κ2) is 5.36. The van der Waals surface area contributed by atoms with Gasteiger partial charge in [-0.2, -0.15) is 0 Å². The highest BCUT2D eigenvalue weighted by Crippen LogP contribution is 2.07. The van der Waals surface area contributed by atoms with E-state index in [1.165, 1.54) is 0 Å². The van der Waals surface area contributed by atoms with Crippen LogP contribution in [-0.2, 0) is 11.2 Å². The molecule has 1 amide bonds. The SMILES string of the molecule is O=C(NCCc1nnc2ccccn12)C1CCNC1. The molecule has 0 aromatic carbocycles. The lowest BCUT2D eigenvalue weighted by Crippen LogP contribution is -2.33. The van der Waals surface area contributed by atoms with Crippen LogP contribution in [0.1, 0.15) is 12.2 Å². The molecule has 100 valence electrons. The third-order valence-electron chi connectivity index (χ3n) is 3.46. The summed E-state index contributed by atoms with van der Waals surface area (Å²) in [4.78, 5) is 11.8. The average molecular weight is 259 g/mol. The first kappa shape index (κ1) is 12.1. The van der Waals surface area contributed by atoms with Gasteiger partial charge < -0.3 is 10.6 Å². The molecule has 0 saturated carbocycles. The lowest BCUT2D eigenvalue weighted by Gasteiger charge is -2.09. The van der Waals surface area contributed by atoms with Gasteiger partial charge in [0.2, 0.25) is 5.91 Å². The van der Waals surface area contributed by atoms with Crippen molar-refractivity contribution in [2.45, 2.75) is 12.8 Å². The lowest BCUT2D eigenvalue weighted by atomic mass is 10.1. The fraction of sp³-hybridized carbons (Fsp3) is 0.462. The number of fused-ring (bicyclic) bond motifs is 1. The van der Waals surface area contributed by atoms with Gasteiger partial charge in [-0.3, -0.25) is 9.20 Å². The number of carbonyl (C=O) groups excluding carboxylic acids is 1. The maximum atomic E-state index is 11.8. The van der Waals surface area contributed by atoms with E-state index in [4.69, 9.17) is 0 Å². The first-order chi connectivity index (χ1) is 9.34. The van der Waals surface area contributed by atoms with Crippen LogP contribution in [0.4, 0.5) is 0 Å². The van der Waals surface area contributed by atoms with Gasteiger partial charge in [-0.05, 0) is 25.1 Å². The van der Waals surface area contributed by atoms with E-state index in [0.29, 0.717) is 13.0 Å². The zero-order chi connectivity index (χ0) is 13.1. The fourth-order valence-electron chi connectivity index (χ4n) is 2.38. The van der Waals surface area contributed by atoms with Crippen LogP contribution in [0.5, 0.6) is 0 Å². The molecule has 0 bridgehead atoms. The molecule has 2 aromatic heterocycles. The van der Waals surface area contributed by atoms with Gasteiger partial charge in [-0.15, -0.1) is 10.2 Å². The number of nitrogens with one attached hydrogen (secondary N) is 2. The van der Waals surface area contributed by atoms with Gasteiger partial charge in [-0.1, -0.05) is 6.07 Å². The third-order valence-corrected chi connectivity index (χ3v) is 3.46. The van der Waals surface area contributed by atoms with E-state index in [9.17, 15) is 4.79 Å². The second-order valence-corrected chi connectivity index (χ2v) is 4.78. The highest BCUT2D eigenvalue weighted by Gasteiger charge is 2.21. The Labute approximate surface area is 111 Å². The quantitative estimate of drug-likeness (QED) is 0.810. The molecule has 3 heterocycles. The van der Waals surface area contributed by atoms with Crippen molar-refractivity contribution < 1.29 is 4.79 Å². The number of hydrogen-bond acceptors (Lipinski definition) is 4. The average Bonchev–Trinajstić information content (AvgIpc) is 3.08. The van der Waals surface area contributed by atoms with Crippen molar-refractivity contribution in [3.8, 4) is 0 Å². The van der Waals surface area contributed by atoms with E-state index in [1.54, 1.807) is 0 Å². The van der Waals surface area contributed by atoms with E-state index in [1.807, 2.05) is 28.8 Å². The minimum Gasteiger partial charge on any atom is -0.355 e. The van der Waals surface area contributed by atoms with Crippen LogP contribution < -0.4 is 10.6 Å². The van der Waals surface area contributed by atoms with Gasteiger partial charge in [0.25, 0.3) is 0 Å². The molecule has 3 rings (SSSR count). The number of rotatable bonds is 4. The van der Waals surface area contributed by atoms with E-state index >= 15 is 0 Å². The number of hydrogen-bond donors (Lipinski definition) is 2. The highest BCUT2D eigenvalue weighted by atomic mass is 16.1. The maximum absolute atomic E-state index is 11.8. The molecule has 2 N–H and O–H groups in total. The van der Waals surface area contributed by atoms with Crippen LogP contribution in [0.2, 0.25) is 0 Å². The molecule has 6 heteroatoms. The van der Waals surface area contributed by atoms with Crippen molar-refractivity contribution in [3.05, 3.63) is 30.2 Å². The summed E-state index contributed by atoms with van der Waals surface area (Å²) in [5.74, 6) is 1.13. The van der Waals surface area contributed by atoms with Crippen LogP contribution in [0.3, 0.4) is 0 Å². The molecule has 1 atom stereocenters. The van der Waals surface area contributed by atoms with Gasteiger partial charge in [0.1, 0.15) is 5.82 Å². The van der Waals surface area contributed by atoms with Crippen LogP contribution in [0.25, 0.3) is 5.65 Å². The Morgan fingerprint density at radius 2 is 2.42 bits per heavy atom. The van der Waals surface area contributed by atoms with Crippen LogP contribution in [0, 0.1) is 5.92 Å². The molecule has 0 radical (unpaired) electrons. The van der Waals surface area contributed by atoms with Crippen molar-refractivity contribution in [3.63, 3.8) is 0 Å². The Morgan fingerprint density at radius 1 is 1.47 bits per heavy atom. The molecule has 1 fully saturated rings. The number of aromatic nitrogens is 3. The van der Waals surface area contributed by atoms with E-state index in [-0.39, 0.29) is 11.8 Å². The Hall–Kier alpha value is -1.95. The summed E-state index contributed by atoms with van der Waals surface area (Å²) >= 11 is 0. The van der Waals surface area contributed by atoms with Gasteiger partial charge in [0, 0.05) is 25.7 Å². The topological polar surface area (TPSA) is 71.3 Å². The first-order valence-corrected chi connectivity index (χ1v) is 6.61. The number of carbonyl (C=O) groups is 1. The monoisotopic (exact) mass is 259 g/mol. The molecule has 19 heavy (non-hydrogen) atoms. The minimum absolute atomic E-state index is 0.121. The summed E-state index contributed by atoms with van der Waals surface area (Å²) in [6.07, 6.45) is 3.56. The number of amides is 1. The number of nitrogens with zero attached hydrogens (tertiary/aromatic N) is 3. The largest absolute Gasteiger partial charge is 0.355 e. The second-order valence-electron chi connectivity index (χ2n) is 4.78. The zero-order valence-corrected chi connectivity index (χ0v) is 10.7. The predicted octanol–water partition coefficient (Wildman–Crippen LogP) is -0.00250. The Balaban J connectivity index is 1.56. The molecule has 0 aliphatic carbocycles. The van der Waals surface area contributed by atoms with E-state index in [0.717, 1.165) is 31.0 Å². The summed E-state index contributed by atoms with van der Waals surface area (Å²) < 4.78 is 1.95. The molecule has 1 unspecified atom stereocenters. The zero-order valence-electron chi connectivity index (χ0n) is 10.7. The summed E-state index contributed by atoms with van der Waals surface area (Å²) in [5.41, 5.74) is 0.837. The molecule has 6 nitrogen and oxygen atoms in total.